The summed E-state index contributed by atoms with van der Waals surface area (Å²) < 4.78 is 27.2. The monoisotopic (exact) mass is 332 g/mol. The first kappa shape index (κ1) is 16.2. The lowest BCUT2D eigenvalue weighted by Gasteiger charge is -2.28. The molecule has 1 aliphatic rings. The van der Waals surface area contributed by atoms with Gasteiger partial charge in [-0.25, -0.2) is 18.1 Å². The van der Waals surface area contributed by atoms with Crippen molar-refractivity contribution in [2.75, 3.05) is 13.1 Å². The van der Waals surface area contributed by atoms with Gasteiger partial charge >= 0.3 is 0 Å². The van der Waals surface area contributed by atoms with Crippen LogP contribution >= 0.6 is 12.4 Å². The topological polar surface area (TPSA) is 107 Å². The van der Waals surface area contributed by atoms with Crippen molar-refractivity contribution in [2.24, 2.45) is 0 Å². The van der Waals surface area contributed by atoms with E-state index in [0.29, 0.717) is 30.5 Å². The van der Waals surface area contributed by atoms with Gasteiger partial charge < -0.3 is 15.4 Å². The van der Waals surface area contributed by atoms with Gasteiger partial charge in [-0.05, 0) is 31.2 Å². The standard InChI is InChI=1S/C12H16N4O3S.ClH/c17-12-3-4-13-6-11(12)16-20(18,19)8-1-2-9-10(5-8)15-7-14-9;/h1-2,5,7,11-13,16-17H,3-4,6H2,(H,14,15);1H/t11-,12+;/m0./s1. The van der Waals surface area contributed by atoms with E-state index in [9.17, 15) is 13.5 Å². The van der Waals surface area contributed by atoms with Gasteiger partial charge in [-0.3, -0.25) is 0 Å². The first-order valence-electron chi connectivity index (χ1n) is 6.40. The Bertz CT molecular complexity index is 718. The lowest BCUT2D eigenvalue weighted by Crippen LogP contribution is -2.53. The fourth-order valence-corrected chi connectivity index (χ4v) is 3.61. The second-order valence-corrected chi connectivity index (χ2v) is 6.58. The van der Waals surface area contributed by atoms with Gasteiger partial charge in [0.2, 0.25) is 10.0 Å². The van der Waals surface area contributed by atoms with Gasteiger partial charge in [-0.1, -0.05) is 0 Å². The average molecular weight is 333 g/mol. The number of nitrogens with zero attached hydrogens (tertiary/aromatic N) is 1. The number of sulfonamides is 1. The third kappa shape index (κ3) is 3.35. The first-order valence-corrected chi connectivity index (χ1v) is 7.89. The summed E-state index contributed by atoms with van der Waals surface area (Å²) in [5, 5.41) is 12.9. The Labute approximate surface area is 128 Å². The number of benzene rings is 1. The first-order chi connectivity index (χ1) is 9.56. The van der Waals surface area contributed by atoms with Gasteiger partial charge in [0.05, 0.1) is 34.4 Å². The molecule has 4 N–H and O–H groups in total. The van der Waals surface area contributed by atoms with Crippen LogP contribution < -0.4 is 10.0 Å². The normalized spacial score (nSPS) is 22.9. The fourth-order valence-electron chi connectivity index (χ4n) is 2.31. The van der Waals surface area contributed by atoms with Crippen LogP contribution in [0.1, 0.15) is 6.42 Å². The van der Waals surface area contributed by atoms with E-state index in [1.807, 2.05) is 0 Å². The molecule has 1 fully saturated rings. The van der Waals surface area contributed by atoms with Crippen molar-refractivity contribution in [3.05, 3.63) is 24.5 Å². The molecule has 0 bridgehead atoms. The molecule has 21 heavy (non-hydrogen) atoms. The van der Waals surface area contributed by atoms with Crippen LogP contribution in [0.5, 0.6) is 0 Å². The number of piperidine rings is 1. The molecule has 3 rings (SSSR count). The van der Waals surface area contributed by atoms with Gasteiger partial charge in [-0.2, -0.15) is 0 Å². The molecule has 2 heterocycles. The maximum absolute atomic E-state index is 12.3. The van der Waals surface area contributed by atoms with E-state index in [2.05, 4.69) is 20.0 Å². The summed E-state index contributed by atoms with van der Waals surface area (Å²) in [4.78, 5) is 7.09. The Morgan fingerprint density at radius 3 is 2.95 bits per heavy atom. The van der Waals surface area contributed by atoms with Gasteiger partial charge in [0, 0.05) is 6.54 Å². The van der Waals surface area contributed by atoms with Crippen LogP contribution in [0.25, 0.3) is 11.0 Å². The van der Waals surface area contributed by atoms with Gasteiger partial charge in [0.1, 0.15) is 0 Å². The minimum absolute atomic E-state index is 0. The molecule has 116 valence electrons. The number of hydrogen-bond donors (Lipinski definition) is 4. The molecule has 7 nitrogen and oxygen atoms in total. The summed E-state index contributed by atoms with van der Waals surface area (Å²) in [5.74, 6) is 0. The van der Waals surface area contributed by atoms with Crippen LogP contribution in [0.15, 0.2) is 29.4 Å². The highest BCUT2D eigenvalue weighted by Crippen LogP contribution is 2.17. The molecule has 1 aromatic carbocycles. The number of aromatic nitrogens is 2. The third-order valence-electron chi connectivity index (χ3n) is 3.45. The molecule has 9 heteroatoms. The molecule has 0 aliphatic carbocycles. The Morgan fingerprint density at radius 1 is 1.38 bits per heavy atom. The van der Waals surface area contributed by atoms with E-state index in [4.69, 9.17) is 0 Å². The zero-order valence-electron chi connectivity index (χ0n) is 11.1. The van der Waals surface area contributed by atoms with Crippen LogP contribution in [-0.2, 0) is 10.0 Å². The SMILES string of the molecule is Cl.O=S(=O)(N[C@H]1CNCC[C@H]1O)c1ccc2nc[nH]c2c1. The minimum Gasteiger partial charge on any atom is -0.391 e. The zero-order valence-corrected chi connectivity index (χ0v) is 12.7. The number of H-pyrrole nitrogens is 1. The Kier molecular flexibility index (Phi) is 4.84. The number of rotatable bonds is 3. The van der Waals surface area contributed by atoms with Crippen LogP contribution in [0.4, 0.5) is 0 Å². The van der Waals surface area contributed by atoms with Crippen molar-refractivity contribution in [3.8, 4) is 0 Å². The van der Waals surface area contributed by atoms with Crippen molar-refractivity contribution in [3.63, 3.8) is 0 Å². The highest BCUT2D eigenvalue weighted by molar-refractivity contribution is 7.89. The summed E-state index contributed by atoms with van der Waals surface area (Å²) in [6.07, 6.45) is 1.39. The molecular formula is C12H17ClN4O3S. The molecule has 0 radical (unpaired) electrons. The number of aliphatic hydroxyl groups excluding tert-OH is 1. The summed E-state index contributed by atoms with van der Waals surface area (Å²) >= 11 is 0. The number of fused-ring (bicyclic) bond motifs is 1. The molecular weight excluding hydrogens is 316 g/mol. The number of aromatic amines is 1. The van der Waals surface area contributed by atoms with Crippen molar-refractivity contribution in [1.29, 1.82) is 0 Å². The molecule has 1 saturated heterocycles. The third-order valence-corrected chi connectivity index (χ3v) is 4.94. The maximum Gasteiger partial charge on any atom is 0.241 e. The van der Waals surface area contributed by atoms with Crippen LogP contribution in [0.3, 0.4) is 0 Å². The molecule has 0 saturated carbocycles. The quantitative estimate of drug-likeness (QED) is 0.632. The molecule has 0 unspecified atom stereocenters. The molecule has 0 spiro atoms. The van der Waals surface area contributed by atoms with E-state index in [0.717, 1.165) is 0 Å². The number of hydrogen-bond acceptors (Lipinski definition) is 5. The van der Waals surface area contributed by atoms with E-state index >= 15 is 0 Å². The Morgan fingerprint density at radius 2 is 2.19 bits per heavy atom. The summed E-state index contributed by atoms with van der Waals surface area (Å²) in [6.45, 7) is 1.12. The Hall–Kier alpha value is -1.19. The van der Waals surface area contributed by atoms with Crippen molar-refractivity contribution in [1.82, 2.24) is 20.0 Å². The van der Waals surface area contributed by atoms with Crippen molar-refractivity contribution < 1.29 is 13.5 Å². The smallest absolute Gasteiger partial charge is 0.241 e. The highest BCUT2D eigenvalue weighted by atomic mass is 35.5. The Balaban J connectivity index is 0.00000161. The number of nitrogens with one attached hydrogen (secondary N) is 3. The van der Waals surface area contributed by atoms with Crippen molar-refractivity contribution >= 4 is 33.5 Å². The number of imidazole rings is 1. The average Bonchev–Trinajstić information content (AvgIpc) is 2.88. The van der Waals surface area contributed by atoms with E-state index in [1.165, 1.54) is 18.5 Å². The number of halogens is 1. The largest absolute Gasteiger partial charge is 0.391 e. The predicted octanol–water partition coefficient (Wildman–Crippen LogP) is -0.0142. The van der Waals surface area contributed by atoms with E-state index < -0.39 is 22.2 Å². The number of aliphatic hydroxyl groups is 1. The minimum atomic E-state index is -3.66. The van der Waals surface area contributed by atoms with Crippen LogP contribution in [0.2, 0.25) is 0 Å². The summed E-state index contributed by atoms with van der Waals surface area (Å²) in [5.41, 5.74) is 1.37. The second-order valence-electron chi connectivity index (χ2n) is 4.87. The molecule has 1 aliphatic heterocycles. The molecule has 2 atom stereocenters. The molecule has 0 amide bonds. The fraction of sp³-hybridized carbons (Fsp3) is 0.417. The van der Waals surface area contributed by atoms with Gasteiger partial charge in [-0.15, -0.1) is 12.4 Å². The van der Waals surface area contributed by atoms with Crippen LogP contribution in [-0.4, -0.2) is 48.7 Å². The lowest BCUT2D eigenvalue weighted by molar-refractivity contribution is 0.109. The zero-order chi connectivity index (χ0) is 14.2. The summed E-state index contributed by atoms with van der Waals surface area (Å²) in [7, 11) is -3.66. The van der Waals surface area contributed by atoms with Gasteiger partial charge in [0.15, 0.2) is 0 Å². The second kappa shape index (κ2) is 6.29. The predicted molar refractivity (Wildman–Crippen MR) is 80.9 cm³/mol. The van der Waals surface area contributed by atoms with E-state index in [1.54, 1.807) is 6.07 Å². The van der Waals surface area contributed by atoms with E-state index in [-0.39, 0.29) is 17.3 Å². The summed E-state index contributed by atoms with van der Waals surface area (Å²) in [6, 6.07) is 4.18. The van der Waals surface area contributed by atoms with Crippen molar-refractivity contribution in [2.45, 2.75) is 23.5 Å². The van der Waals surface area contributed by atoms with Gasteiger partial charge in [0.25, 0.3) is 0 Å². The maximum atomic E-state index is 12.3. The molecule has 2 aromatic rings. The van der Waals surface area contributed by atoms with Crippen LogP contribution in [0, 0.1) is 0 Å². The lowest BCUT2D eigenvalue weighted by atomic mass is 10.1. The molecule has 1 aromatic heterocycles. The highest BCUT2D eigenvalue weighted by Gasteiger charge is 2.28.